The van der Waals surface area contributed by atoms with Gasteiger partial charge in [-0.25, -0.2) is 22.2 Å². The SMILES string of the molecule is O=S(=O)(Nc1ncc(Cl)s1)c1cc(F)c(OCC2CNCCC2c2ccc(Cl)cc2)cc1F. The highest BCUT2D eigenvalue weighted by Crippen LogP contribution is 2.33. The smallest absolute Gasteiger partial charge is 0.266 e. The maximum Gasteiger partial charge on any atom is 0.266 e. The van der Waals surface area contributed by atoms with Crippen LogP contribution in [0.1, 0.15) is 17.9 Å². The summed E-state index contributed by atoms with van der Waals surface area (Å²) in [5.41, 5.74) is 1.09. The minimum atomic E-state index is -4.41. The molecule has 1 aliphatic heterocycles. The van der Waals surface area contributed by atoms with E-state index in [2.05, 4.69) is 15.0 Å². The van der Waals surface area contributed by atoms with Gasteiger partial charge in [-0.15, -0.1) is 0 Å². The number of anilines is 1. The van der Waals surface area contributed by atoms with Crippen LogP contribution >= 0.6 is 34.5 Å². The molecule has 0 bridgehead atoms. The zero-order valence-electron chi connectivity index (χ0n) is 17.0. The largest absolute Gasteiger partial charge is 0.490 e. The fourth-order valence-electron chi connectivity index (χ4n) is 3.74. The van der Waals surface area contributed by atoms with E-state index in [1.54, 1.807) is 0 Å². The van der Waals surface area contributed by atoms with Gasteiger partial charge in [-0.3, -0.25) is 4.72 Å². The third kappa shape index (κ3) is 5.75. The molecule has 0 aliphatic carbocycles. The molecule has 33 heavy (non-hydrogen) atoms. The number of ether oxygens (including phenoxy) is 1. The fourth-order valence-corrected chi connectivity index (χ4v) is 5.99. The summed E-state index contributed by atoms with van der Waals surface area (Å²) >= 11 is 12.6. The number of nitrogens with zero attached hydrogens (tertiary/aromatic N) is 1. The van der Waals surface area contributed by atoms with Gasteiger partial charge in [-0.05, 0) is 36.6 Å². The first-order valence-corrected chi connectivity index (χ1v) is 13.0. The van der Waals surface area contributed by atoms with Crippen molar-refractivity contribution in [3.05, 3.63) is 69.2 Å². The van der Waals surface area contributed by atoms with E-state index < -0.39 is 26.6 Å². The van der Waals surface area contributed by atoms with Gasteiger partial charge in [0.25, 0.3) is 10.0 Å². The van der Waals surface area contributed by atoms with Crippen molar-refractivity contribution in [3.63, 3.8) is 0 Å². The monoisotopic (exact) mass is 533 g/mol. The normalized spacial score (nSPS) is 18.8. The molecule has 4 rings (SSSR count). The second-order valence-corrected chi connectivity index (χ2v) is 11.3. The summed E-state index contributed by atoms with van der Waals surface area (Å²) in [7, 11) is -4.41. The lowest BCUT2D eigenvalue weighted by Gasteiger charge is -2.32. The number of hydrogen-bond donors (Lipinski definition) is 2. The lowest BCUT2D eigenvalue weighted by atomic mass is 9.81. The molecule has 0 amide bonds. The van der Waals surface area contributed by atoms with Crippen LogP contribution in [0.15, 0.2) is 47.5 Å². The minimum absolute atomic E-state index is 0.00196. The number of aromatic nitrogens is 1. The van der Waals surface area contributed by atoms with Crippen LogP contribution in [0.2, 0.25) is 9.36 Å². The Bertz CT molecular complexity index is 1240. The van der Waals surface area contributed by atoms with E-state index in [-0.39, 0.29) is 33.7 Å². The number of thiazole rings is 1. The number of hydrogen-bond acceptors (Lipinski definition) is 6. The average molecular weight is 534 g/mol. The van der Waals surface area contributed by atoms with E-state index in [1.165, 1.54) is 6.20 Å². The van der Waals surface area contributed by atoms with Crippen LogP contribution in [0.3, 0.4) is 0 Å². The molecule has 1 aliphatic rings. The van der Waals surface area contributed by atoms with Crippen molar-refractivity contribution in [1.29, 1.82) is 0 Å². The first-order chi connectivity index (χ1) is 15.7. The summed E-state index contributed by atoms with van der Waals surface area (Å²) in [4.78, 5) is 2.91. The summed E-state index contributed by atoms with van der Waals surface area (Å²) in [6.45, 7) is 1.60. The molecule has 0 spiro atoms. The Hall–Kier alpha value is -1.98. The maximum absolute atomic E-state index is 14.7. The van der Waals surface area contributed by atoms with Gasteiger partial charge in [0, 0.05) is 29.6 Å². The molecule has 2 aromatic carbocycles. The molecular formula is C21H19Cl2F2N3O3S2. The molecule has 3 aromatic rings. The van der Waals surface area contributed by atoms with Crippen LogP contribution in [0.25, 0.3) is 0 Å². The predicted octanol–water partition coefficient (Wildman–Crippen LogP) is 5.30. The Kier molecular flexibility index (Phi) is 7.40. The Labute approximate surface area is 204 Å². The van der Waals surface area contributed by atoms with Crippen molar-refractivity contribution in [3.8, 4) is 5.75 Å². The number of halogens is 4. The zero-order valence-corrected chi connectivity index (χ0v) is 20.2. The van der Waals surface area contributed by atoms with Crippen molar-refractivity contribution in [1.82, 2.24) is 10.3 Å². The summed E-state index contributed by atoms with van der Waals surface area (Å²) in [6.07, 6.45) is 2.10. The molecule has 2 atom stereocenters. The number of nitrogens with one attached hydrogen (secondary N) is 2. The van der Waals surface area contributed by atoms with E-state index >= 15 is 0 Å². The Morgan fingerprint density at radius 1 is 1.18 bits per heavy atom. The second-order valence-electron chi connectivity index (χ2n) is 7.51. The number of rotatable bonds is 7. The third-order valence-electron chi connectivity index (χ3n) is 5.33. The van der Waals surface area contributed by atoms with Gasteiger partial charge in [0.05, 0.1) is 12.8 Å². The highest BCUT2D eigenvalue weighted by Gasteiger charge is 2.28. The lowest BCUT2D eigenvalue weighted by Crippen LogP contribution is -2.38. The predicted molar refractivity (Wildman–Crippen MR) is 125 cm³/mol. The summed E-state index contributed by atoms with van der Waals surface area (Å²) in [6, 6.07) is 8.88. The zero-order chi connectivity index (χ0) is 23.6. The molecule has 176 valence electrons. The van der Waals surface area contributed by atoms with Gasteiger partial charge >= 0.3 is 0 Å². The van der Waals surface area contributed by atoms with E-state index in [1.807, 2.05) is 24.3 Å². The summed E-state index contributed by atoms with van der Waals surface area (Å²) in [5.74, 6) is -2.32. The van der Waals surface area contributed by atoms with Gasteiger partial charge in [0.2, 0.25) is 0 Å². The molecule has 1 saturated heterocycles. The average Bonchev–Trinajstić information content (AvgIpc) is 3.18. The standard InChI is InChI=1S/C21H19Cl2F2N3O3S2/c22-14-3-1-12(2-4-14)15-5-6-26-9-13(15)11-31-18-7-17(25)19(8-16(18)24)33(29,30)28-21-27-10-20(23)32-21/h1-4,7-8,10,13,15,26H,5-6,9,11H2,(H,27,28). The van der Waals surface area contributed by atoms with Crippen LogP contribution in [0, 0.1) is 17.6 Å². The molecule has 2 N–H and O–H groups in total. The first-order valence-electron chi connectivity index (χ1n) is 9.95. The van der Waals surface area contributed by atoms with Gasteiger partial charge < -0.3 is 10.1 Å². The van der Waals surface area contributed by atoms with Crippen LogP contribution in [0.4, 0.5) is 13.9 Å². The van der Waals surface area contributed by atoms with Gasteiger partial charge in [0.1, 0.15) is 15.0 Å². The summed E-state index contributed by atoms with van der Waals surface area (Å²) in [5, 5.41) is 3.87. The van der Waals surface area contributed by atoms with Gasteiger partial charge in [-0.2, -0.15) is 0 Å². The minimum Gasteiger partial charge on any atom is -0.490 e. The second kappa shape index (κ2) is 10.1. The lowest BCUT2D eigenvalue weighted by molar-refractivity contribution is 0.190. The summed E-state index contributed by atoms with van der Waals surface area (Å²) < 4.78 is 62.2. The molecule has 2 unspecified atom stereocenters. The van der Waals surface area contributed by atoms with Crippen molar-refractivity contribution in [2.75, 3.05) is 24.4 Å². The van der Waals surface area contributed by atoms with Crippen molar-refractivity contribution < 1.29 is 21.9 Å². The molecule has 0 radical (unpaired) electrons. The topological polar surface area (TPSA) is 80.3 Å². The number of benzene rings is 2. The van der Waals surface area contributed by atoms with Crippen molar-refractivity contribution >= 4 is 49.7 Å². The van der Waals surface area contributed by atoms with Gasteiger partial charge in [0.15, 0.2) is 16.7 Å². The number of piperidine rings is 1. The molecule has 0 saturated carbocycles. The van der Waals surface area contributed by atoms with Crippen LogP contribution in [0.5, 0.6) is 5.75 Å². The molecule has 12 heteroatoms. The molecule has 2 heterocycles. The van der Waals surface area contributed by atoms with Crippen LogP contribution < -0.4 is 14.8 Å². The highest BCUT2D eigenvalue weighted by molar-refractivity contribution is 7.93. The number of sulfonamides is 1. The molecule has 6 nitrogen and oxygen atoms in total. The van der Waals surface area contributed by atoms with Gasteiger partial charge in [-0.1, -0.05) is 46.7 Å². The highest BCUT2D eigenvalue weighted by atomic mass is 35.5. The van der Waals surface area contributed by atoms with Crippen molar-refractivity contribution in [2.24, 2.45) is 5.92 Å². The Morgan fingerprint density at radius 2 is 1.94 bits per heavy atom. The van der Waals surface area contributed by atoms with Crippen LogP contribution in [-0.4, -0.2) is 33.1 Å². The quantitative estimate of drug-likeness (QED) is 0.430. The first kappa shape index (κ1) is 24.2. The van der Waals surface area contributed by atoms with E-state index in [9.17, 15) is 17.2 Å². The Morgan fingerprint density at radius 3 is 2.64 bits per heavy atom. The molecule has 1 aromatic heterocycles. The molecule has 1 fully saturated rings. The van der Waals surface area contributed by atoms with Crippen LogP contribution in [-0.2, 0) is 10.0 Å². The fraction of sp³-hybridized carbons (Fsp3) is 0.286. The van der Waals surface area contributed by atoms with E-state index in [4.69, 9.17) is 27.9 Å². The van der Waals surface area contributed by atoms with E-state index in [0.29, 0.717) is 17.6 Å². The third-order valence-corrected chi connectivity index (χ3v) is 8.10. The Balaban J connectivity index is 1.49. The van der Waals surface area contributed by atoms with Crippen molar-refractivity contribution in [2.45, 2.75) is 17.2 Å². The maximum atomic E-state index is 14.7. The van der Waals surface area contributed by atoms with E-state index in [0.717, 1.165) is 35.9 Å². The molecular weight excluding hydrogens is 515 g/mol.